The molecule has 31 heavy (non-hydrogen) atoms. The van der Waals surface area contributed by atoms with Crippen LogP contribution in [0, 0.1) is 0 Å². The van der Waals surface area contributed by atoms with Gasteiger partial charge < -0.3 is 4.74 Å². The highest BCUT2D eigenvalue weighted by Gasteiger charge is 2.17. The highest BCUT2D eigenvalue weighted by molar-refractivity contribution is 7.18. The van der Waals surface area contributed by atoms with Gasteiger partial charge >= 0.3 is 0 Å². The fraction of sp³-hybridized carbons (Fsp3) is 0.182. The van der Waals surface area contributed by atoms with Crippen LogP contribution in [0.2, 0.25) is 0 Å². The number of nitrogens with one attached hydrogen (secondary N) is 1. The Morgan fingerprint density at radius 2 is 1.97 bits per heavy atom. The number of amides is 1. The summed E-state index contributed by atoms with van der Waals surface area (Å²) >= 11 is 1.29. The summed E-state index contributed by atoms with van der Waals surface area (Å²) < 4.78 is 5.50. The van der Waals surface area contributed by atoms with Crippen LogP contribution in [-0.2, 0) is 6.42 Å². The van der Waals surface area contributed by atoms with E-state index in [1.54, 1.807) is 38.0 Å². The molecule has 0 radical (unpaired) electrons. The zero-order chi connectivity index (χ0) is 21.6. The summed E-state index contributed by atoms with van der Waals surface area (Å²) in [7, 11) is 1.57. The topological polar surface area (TPSA) is 103 Å². The van der Waals surface area contributed by atoms with E-state index in [0.29, 0.717) is 27.9 Å². The number of aromatic nitrogens is 5. The molecule has 0 aliphatic carbocycles. The highest BCUT2D eigenvalue weighted by atomic mass is 32.1. The molecule has 1 N–H and O–H groups in total. The molecule has 4 heterocycles. The van der Waals surface area contributed by atoms with Gasteiger partial charge in [0.05, 0.1) is 18.4 Å². The lowest BCUT2D eigenvalue weighted by Crippen LogP contribution is -2.13. The molecule has 0 aromatic carbocycles. The fourth-order valence-electron chi connectivity index (χ4n) is 3.06. The predicted molar refractivity (Wildman–Crippen MR) is 118 cm³/mol. The van der Waals surface area contributed by atoms with E-state index in [0.717, 1.165) is 16.8 Å². The van der Waals surface area contributed by atoms with Gasteiger partial charge in [-0.1, -0.05) is 24.3 Å². The third-order valence-corrected chi connectivity index (χ3v) is 5.63. The Bertz CT molecular complexity index is 1170. The summed E-state index contributed by atoms with van der Waals surface area (Å²) in [6, 6.07) is 9.32. The first-order valence-electron chi connectivity index (χ1n) is 9.62. The summed E-state index contributed by atoms with van der Waals surface area (Å²) in [5.41, 5.74) is 3.18. The van der Waals surface area contributed by atoms with Crippen LogP contribution in [0.5, 0.6) is 5.75 Å². The Kier molecular flexibility index (Phi) is 6.23. The van der Waals surface area contributed by atoms with Gasteiger partial charge in [0.2, 0.25) is 5.13 Å². The van der Waals surface area contributed by atoms with E-state index in [4.69, 9.17) is 4.74 Å². The van der Waals surface area contributed by atoms with E-state index < -0.39 is 0 Å². The highest BCUT2D eigenvalue weighted by Crippen LogP contribution is 2.28. The molecule has 9 heteroatoms. The third-order valence-electron chi connectivity index (χ3n) is 4.74. The van der Waals surface area contributed by atoms with Gasteiger partial charge in [0.15, 0.2) is 0 Å². The average Bonchev–Trinajstić information content (AvgIpc) is 3.29. The van der Waals surface area contributed by atoms with Crippen LogP contribution in [0.25, 0.3) is 10.6 Å². The van der Waals surface area contributed by atoms with Crippen molar-refractivity contribution >= 4 is 22.4 Å². The Morgan fingerprint density at radius 3 is 2.71 bits per heavy atom. The molecule has 1 atom stereocenters. The molecule has 4 aromatic rings. The Labute approximate surface area is 183 Å². The third kappa shape index (κ3) is 4.89. The van der Waals surface area contributed by atoms with E-state index >= 15 is 0 Å². The molecule has 0 fully saturated rings. The number of rotatable bonds is 7. The molecular weight excluding hydrogens is 412 g/mol. The van der Waals surface area contributed by atoms with Crippen LogP contribution in [-0.4, -0.2) is 38.2 Å². The number of hydrogen-bond donors (Lipinski definition) is 1. The quantitative estimate of drug-likeness (QED) is 0.471. The van der Waals surface area contributed by atoms with E-state index in [1.807, 2.05) is 30.5 Å². The maximum atomic E-state index is 12.7. The average molecular weight is 433 g/mol. The zero-order valence-electron chi connectivity index (χ0n) is 17.0. The summed E-state index contributed by atoms with van der Waals surface area (Å²) in [5.74, 6) is 0.455. The van der Waals surface area contributed by atoms with E-state index in [9.17, 15) is 4.79 Å². The maximum Gasteiger partial charge on any atom is 0.259 e. The molecule has 0 saturated heterocycles. The van der Waals surface area contributed by atoms with Crippen molar-refractivity contribution in [2.24, 2.45) is 0 Å². The van der Waals surface area contributed by atoms with Gasteiger partial charge in [-0.05, 0) is 35.7 Å². The lowest BCUT2D eigenvalue weighted by molar-refractivity contribution is 0.102. The first-order chi connectivity index (χ1) is 15.1. The van der Waals surface area contributed by atoms with Gasteiger partial charge in [0, 0.05) is 43.0 Å². The normalized spacial score (nSPS) is 11.7. The van der Waals surface area contributed by atoms with Gasteiger partial charge in [0.25, 0.3) is 5.91 Å². The molecule has 0 spiro atoms. The monoisotopic (exact) mass is 432 g/mol. The molecule has 4 aromatic heterocycles. The summed E-state index contributed by atoms with van der Waals surface area (Å²) in [4.78, 5) is 25.3. The van der Waals surface area contributed by atoms with Crippen molar-refractivity contribution in [3.05, 3.63) is 78.1 Å². The SMILES string of the molecule is COc1cc(C(=O)Nc2nnc(-c3ccncc3)s2)cnc1CC(C)c1cccnc1. The molecule has 0 aliphatic rings. The minimum atomic E-state index is -0.324. The van der Waals surface area contributed by atoms with Crippen molar-refractivity contribution in [2.45, 2.75) is 19.3 Å². The van der Waals surface area contributed by atoms with Crippen LogP contribution < -0.4 is 10.1 Å². The Hall–Kier alpha value is -3.72. The van der Waals surface area contributed by atoms with E-state index in [2.05, 4.69) is 37.4 Å². The fourth-order valence-corrected chi connectivity index (χ4v) is 3.80. The van der Waals surface area contributed by atoms with Crippen LogP contribution in [0.4, 0.5) is 5.13 Å². The minimum Gasteiger partial charge on any atom is -0.495 e. The number of ether oxygens (including phenoxy) is 1. The van der Waals surface area contributed by atoms with Crippen molar-refractivity contribution in [1.82, 2.24) is 25.1 Å². The van der Waals surface area contributed by atoms with Crippen molar-refractivity contribution in [2.75, 3.05) is 12.4 Å². The van der Waals surface area contributed by atoms with Crippen LogP contribution >= 0.6 is 11.3 Å². The molecule has 0 bridgehead atoms. The second kappa shape index (κ2) is 9.40. The lowest BCUT2D eigenvalue weighted by atomic mass is 9.97. The number of carbonyl (C=O) groups excluding carboxylic acids is 1. The van der Waals surface area contributed by atoms with Crippen LogP contribution in [0.1, 0.15) is 34.5 Å². The molecule has 8 nitrogen and oxygen atoms in total. The van der Waals surface area contributed by atoms with Crippen molar-refractivity contribution in [3.63, 3.8) is 0 Å². The first-order valence-corrected chi connectivity index (χ1v) is 10.4. The number of hydrogen-bond acceptors (Lipinski definition) is 8. The second-order valence-electron chi connectivity index (χ2n) is 6.87. The zero-order valence-corrected chi connectivity index (χ0v) is 17.8. The van der Waals surface area contributed by atoms with Gasteiger partial charge in [-0.15, -0.1) is 10.2 Å². The molecule has 0 aliphatic heterocycles. The van der Waals surface area contributed by atoms with E-state index in [-0.39, 0.29) is 11.8 Å². The number of nitrogens with zero attached hydrogens (tertiary/aromatic N) is 5. The summed E-state index contributed by atoms with van der Waals surface area (Å²) in [6.45, 7) is 2.11. The van der Waals surface area contributed by atoms with Gasteiger partial charge in [0.1, 0.15) is 10.8 Å². The number of carbonyl (C=O) groups is 1. The standard InChI is InChI=1S/C22H20N6O2S/c1-14(16-4-3-7-24-12-16)10-18-19(30-2)11-17(13-25-18)20(29)26-22-28-27-21(31-22)15-5-8-23-9-6-15/h3-9,11-14H,10H2,1-2H3,(H,26,28,29). The Balaban J connectivity index is 1.47. The number of pyridine rings is 3. The molecule has 0 saturated carbocycles. The van der Waals surface area contributed by atoms with Crippen LogP contribution in [0.15, 0.2) is 61.3 Å². The largest absolute Gasteiger partial charge is 0.495 e. The second-order valence-corrected chi connectivity index (χ2v) is 7.84. The molecular formula is C22H20N6O2S. The number of methoxy groups -OCH3 is 1. The molecule has 1 unspecified atom stereocenters. The predicted octanol–water partition coefficient (Wildman–Crippen LogP) is 4.00. The van der Waals surface area contributed by atoms with Crippen molar-refractivity contribution < 1.29 is 9.53 Å². The first kappa shape index (κ1) is 20.5. The maximum absolute atomic E-state index is 12.7. The molecule has 1 amide bonds. The van der Waals surface area contributed by atoms with Crippen LogP contribution in [0.3, 0.4) is 0 Å². The number of anilines is 1. The lowest BCUT2D eigenvalue weighted by Gasteiger charge is -2.14. The summed E-state index contributed by atoms with van der Waals surface area (Å²) in [5, 5.41) is 12.1. The Morgan fingerprint density at radius 1 is 1.13 bits per heavy atom. The molecule has 4 rings (SSSR count). The smallest absolute Gasteiger partial charge is 0.259 e. The molecule has 156 valence electrons. The van der Waals surface area contributed by atoms with E-state index in [1.165, 1.54) is 11.3 Å². The van der Waals surface area contributed by atoms with Gasteiger partial charge in [-0.2, -0.15) is 0 Å². The van der Waals surface area contributed by atoms with Gasteiger partial charge in [-0.25, -0.2) is 0 Å². The summed E-state index contributed by atoms with van der Waals surface area (Å²) in [6.07, 6.45) is 9.19. The van der Waals surface area contributed by atoms with Crippen molar-refractivity contribution in [3.8, 4) is 16.3 Å². The van der Waals surface area contributed by atoms with Gasteiger partial charge in [-0.3, -0.25) is 25.1 Å². The minimum absolute atomic E-state index is 0.211. The van der Waals surface area contributed by atoms with Crippen molar-refractivity contribution in [1.29, 1.82) is 0 Å².